The Bertz CT molecular complexity index is 464. The number of thioether (sulfide) groups is 1. The van der Waals surface area contributed by atoms with Gasteiger partial charge < -0.3 is 4.74 Å². The Morgan fingerprint density at radius 1 is 1.36 bits per heavy atom. The van der Waals surface area contributed by atoms with Crippen molar-refractivity contribution >= 4 is 33.2 Å². The molecule has 0 aliphatic heterocycles. The highest BCUT2D eigenvalue weighted by Crippen LogP contribution is 2.35. The van der Waals surface area contributed by atoms with Gasteiger partial charge in [-0.15, -0.1) is 23.1 Å². The molecule has 0 atom stereocenters. The molecule has 0 saturated carbocycles. The van der Waals surface area contributed by atoms with Gasteiger partial charge in [-0.1, -0.05) is 0 Å². The van der Waals surface area contributed by atoms with Gasteiger partial charge in [-0.25, -0.2) is 4.39 Å². The van der Waals surface area contributed by atoms with Crippen molar-refractivity contribution in [1.82, 2.24) is 0 Å². The first-order chi connectivity index (χ1) is 6.74. The van der Waals surface area contributed by atoms with Crippen LogP contribution in [0.3, 0.4) is 0 Å². The van der Waals surface area contributed by atoms with Crippen LogP contribution in [-0.2, 0) is 0 Å². The highest BCUT2D eigenvalue weighted by molar-refractivity contribution is 8.00. The van der Waals surface area contributed by atoms with E-state index in [1.807, 2.05) is 18.4 Å². The molecule has 4 heteroatoms. The van der Waals surface area contributed by atoms with Gasteiger partial charge in [0.2, 0.25) is 0 Å². The second-order valence-corrected chi connectivity index (χ2v) is 4.96. The van der Waals surface area contributed by atoms with Crippen LogP contribution in [0.1, 0.15) is 0 Å². The summed E-state index contributed by atoms with van der Waals surface area (Å²) in [6.45, 7) is 0. The maximum atomic E-state index is 13.5. The van der Waals surface area contributed by atoms with E-state index in [1.165, 1.54) is 17.4 Å². The molecule has 0 N–H and O–H groups in total. The zero-order valence-corrected chi connectivity index (χ0v) is 9.47. The largest absolute Gasteiger partial charge is 0.497 e. The fraction of sp³-hybridized carbons (Fsp3) is 0.200. The summed E-state index contributed by atoms with van der Waals surface area (Å²) < 4.78 is 20.3. The summed E-state index contributed by atoms with van der Waals surface area (Å²) in [5.74, 6) is 0.366. The fourth-order valence-corrected chi connectivity index (χ4v) is 2.89. The first-order valence-corrected chi connectivity index (χ1v) is 6.10. The van der Waals surface area contributed by atoms with Crippen LogP contribution >= 0.6 is 23.1 Å². The standard InChI is InChI=1S/C10H9FOS2/c1-12-7-3-6-4-9(13-2)14-10(6)8(11)5-7/h3-5H,1-2H3. The van der Waals surface area contributed by atoms with Crippen LogP contribution in [0.4, 0.5) is 4.39 Å². The number of rotatable bonds is 2. The summed E-state index contributed by atoms with van der Waals surface area (Å²) >= 11 is 3.10. The van der Waals surface area contributed by atoms with Gasteiger partial charge in [0.15, 0.2) is 0 Å². The monoisotopic (exact) mass is 228 g/mol. The number of ether oxygens (including phenoxy) is 1. The van der Waals surface area contributed by atoms with Gasteiger partial charge in [-0.05, 0) is 18.4 Å². The number of methoxy groups -OCH3 is 1. The van der Waals surface area contributed by atoms with E-state index in [4.69, 9.17) is 4.74 Å². The van der Waals surface area contributed by atoms with E-state index in [9.17, 15) is 4.39 Å². The van der Waals surface area contributed by atoms with Crippen molar-refractivity contribution in [2.45, 2.75) is 4.21 Å². The van der Waals surface area contributed by atoms with Crippen LogP contribution in [0.2, 0.25) is 0 Å². The molecule has 14 heavy (non-hydrogen) atoms. The lowest BCUT2D eigenvalue weighted by atomic mass is 10.2. The van der Waals surface area contributed by atoms with Gasteiger partial charge in [0.25, 0.3) is 0 Å². The molecule has 0 spiro atoms. The Kier molecular flexibility index (Phi) is 2.65. The Balaban J connectivity index is 2.67. The predicted molar refractivity (Wildman–Crippen MR) is 60.1 cm³/mol. The third kappa shape index (κ3) is 1.60. The maximum absolute atomic E-state index is 13.5. The normalized spacial score (nSPS) is 10.8. The summed E-state index contributed by atoms with van der Waals surface area (Å²) in [4.78, 5) is 0. The van der Waals surface area contributed by atoms with Crippen LogP contribution in [0.25, 0.3) is 10.1 Å². The minimum absolute atomic E-state index is 0.204. The van der Waals surface area contributed by atoms with Crippen LogP contribution < -0.4 is 4.74 Å². The molecule has 1 aromatic heterocycles. The van der Waals surface area contributed by atoms with Crippen molar-refractivity contribution in [2.75, 3.05) is 13.4 Å². The van der Waals surface area contributed by atoms with E-state index in [2.05, 4.69) is 0 Å². The van der Waals surface area contributed by atoms with Crippen LogP contribution in [0, 0.1) is 5.82 Å². The van der Waals surface area contributed by atoms with E-state index >= 15 is 0 Å². The van der Waals surface area contributed by atoms with Crippen LogP contribution in [0.5, 0.6) is 5.75 Å². The Morgan fingerprint density at radius 2 is 2.14 bits per heavy atom. The molecule has 2 rings (SSSR count). The molecule has 0 aliphatic rings. The Hall–Kier alpha value is -0.740. The van der Waals surface area contributed by atoms with Crippen LogP contribution in [0.15, 0.2) is 22.4 Å². The SMILES string of the molecule is COc1cc(F)c2sc(SC)cc2c1. The first kappa shape index (κ1) is 9.80. The number of fused-ring (bicyclic) bond motifs is 1. The van der Waals surface area contributed by atoms with Crippen molar-refractivity contribution in [3.05, 3.63) is 24.0 Å². The maximum Gasteiger partial charge on any atom is 0.144 e. The quantitative estimate of drug-likeness (QED) is 0.724. The second-order valence-electron chi connectivity index (χ2n) is 2.80. The molecule has 0 amide bonds. The smallest absolute Gasteiger partial charge is 0.144 e. The lowest BCUT2D eigenvalue weighted by molar-refractivity contribution is 0.412. The van der Waals surface area contributed by atoms with Gasteiger partial charge >= 0.3 is 0 Å². The van der Waals surface area contributed by atoms with E-state index < -0.39 is 0 Å². The Labute approximate surface area is 89.9 Å². The van der Waals surface area contributed by atoms with Gasteiger partial charge in [0.1, 0.15) is 11.6 Å². The summed E-state index contributed by atoms with van der Waals surface area (Å²) in [5.41, 5.74) is 0. The highest BCUT2D eigenvalue weighted by atomic mass is 32.2. The number of hydrogen-bond acceptors (Lipinski definition) is 3. The van der Waals surface area contributed by atoms with Gasteiger partial charge in [0, 0.05) is 11.5 Å². The third-order valence-electron chi connectivity index (χ3n) is 1.96. The number of thiophene rings is 1. The molecular weight excluding hydrogens is 219 g/mol. The topological polar surface area (TPSA) is 9.23 Å². The van der Waals surface area contributed by atoms with Crippen molar-refractivity contribution in [3.63, 3.8) is 0 Å². The molecule has 0 fully saturated rings. The summed E-state index contributed by atoms with van der Waals surface area (Å²) in [6.07, 6.45) is 1.99. The molecule has 0 bridgehead atoms. The van der Waals surface area contributed by atoms with E-state index in [0.717, 1.165) is 9.60 Å². The number of halogens is 1. The lowest BCUT2D eigenvalue weighted by Crippen LogP contribution is -1.83. The minimum Gasteiger partial charge on any atom is -0.497 e. The van der Waals surface area contributed by atoms with Crippen molar-refractivity contribution < 1.29 is 9.13 Å². The van der Waals surface area contributed by atoms with Crippen molar-refractivity contribution in [3.8, 4) is 5.75 Å². The average Bonchev–Trinajstić information content (AvgIpc) is 2.61. The predicted octanol–water partition coefficient (Wildman–Crippen LogP) is 3.77. The van der Waals surface area contributed by atoms with Crippen molar-refractivity contribution in [2.24, 2.45) is 0 Å². The molecule has 1 nitrogen and oxygen atoms in total. The molecule has 0 radical (unpaired) electrons. The fourth-order valence-electron chi connectivity index (χ4n) is 1.28. The molecule has 0 saturated heterocycles. The Morgan fingerprint density at radius 3 is 2.79 bits per heavy atom. The molecule has 2 aromatic rings. The minimum atomic E-state index is -0.204. The molecule has 1 heterocycles. The summed E-state index contributed by atoms with van der Waals surface area (Å²) in [5, 5.41) is 0.913. The first-order valence-electron chi connectivity index (χ1n) is 4.05. The van der Waals surface area contributed by atoms with Crippen molar-refractivity contribution in [1.29, 1.82) is 0 Å². The summed E-state index contributed by atoms with van der Waals surface area (Å²) in [6, 6.07) is 5.26. The highest BCUT2D eigenvalue weighted by Gasteiger charge is 2.08. The number of hydrogen-bond donors (Lipinski definition) is 0. The zero-order chi connectivity index (χ0) is 10.1. The average molecular weight is 228 g/mol. The van der Waals surface area contributed by atoms with Crippen LogP contribution in [-0.4, -0.2) is 13.4 Å². The summed E-state index contributed by atoms with van der Waals surface area (Å²) in [7, 11) is 1.54. The van der Waals surface area contributed by atoms with E-state index in [-0.39, 0.29) is 5.82 Å². The van der Waals surface area contributed by atoms with E-state index in [1.54, 1.807) is 18.9 Å². The lowest BCUT2D eigenvalue weighted by Gasteiger charge is -1.99. The van der Waals surface area contributed by atoms with E-state index in [0.29, 0.717) is 10.4 Å². The molecule has 0 unspecified atom stereocenters. The van der Waals surface area contributed by atoms with Gasteiger partial charge in [-0.2, -0.15) is 0 Å². The molecule has 0 aliphatic carbocycles. The van der Waals surface area contributed by atoms with Gasteiger partial charge in [-0.3, -0.25) is 0 Å². The zero-order valence-electron chi connectivity index (χ0n) is 7.83. The molecule has 1 aromatic carbocycles. The third-order valence-corrected chi connectivity index (χ3v) is 4.18. The second kappa shape index (κ2) is 3.79. The number of benzene rings is 1. The van der Waals surface area contributed by atoms with Gasteiger partial charge in [0.05, 0.1) is 16.0 Å². The molecule has 74 valence electrons. The molecular formula is C10H9FOS2.